The van der Waals surface area contributed by atoms with E-state index in [1.54, 1.807) is 49.5 Å². The Morgan fingerprint density at radius 3 is 2.95 bits per heavy atom. The molecule has 1 aromatic carbocycles. The van der Waals surface area contributed by atoms with Gasteiger partial charge in [0.15, 0.2) is 5.78 Å². The fourth-order valence-corrected chi connectivity index (χ4v) is 4.05. The number of benzene rings is 1. The summed E-state index contributed by atoms with van der Waals surface area (Å²) in [5.74, 6) is 1.53. The Bertz CT molecular complexity index is 830. The van der Waals surface area contributed by atoms with Crippen LogP contribution >= 0.6 is 23.1 Å². The maximum atomic E-state index is 11.5. The molecule has 2 aromatic heterocycles. The summed E-state index contributed by atoms with van der Waals surface area (Å²) in [7, 11) is 1.64. The second kappa shape index (κ2) is 6.46. The molecular weight excluding hydrogens is 316 g/mol. The minimum Gasteiger partial charge on any atom is -0.496 e. The molecule has 4 nitrogen and oxygen atoms in total. The molecule has 0 saturated heterocycles. The average molecular weight is 330 g/mol. The number of ketones is 1. The third kappa shape index (κ3) is 2.98. The topological polar surface area (TPSA) is 52.1 Å². The largest absolute Gasteiger partial charge is 0.496 e. The smallest absolute Gasteiger partial charge is 0.159 e. The summed E-state index contributed by atoms with van der Waals surface area (Å²) >= 11 is 3.26. The van der Waals surface area contributed by atoms with Crippen LogP contribution in [0.2, 0.25) is 0 Å². The van der Waals surface area contributed by atoms with Crippen molar-refractivity contribution >= 4 is 39.1 Å². The zero-order chi connectivity index (χ0) is 15.5. The number of nitrogens with zero attached hydrogens (tertiary/aromatic N) is 2. The Balaban J connectivity index is 1.88. The third-order valence-electron chi connectivity index (χ3n) is 3.26. The van der Waals surface area contributed by atoms with Crippen LogP contribution in [0.15, 0.2) is 41.0 Å². The maximum absolute atomic E-state index is 11.5. The second-order valence-corrected chi connectivity index (χ2v) is 6.57. The number of hydrogen-bond donors (Lipinski definition) is 0. The standard InChI is InChI=1S/C16H14N2O2S2/c1-10(19)11-3-4-14(20-2)12(7-11)8-22-16-15-13(5-6-21-15)17-9-18-16/h3-7,9H,8H2,1-2H3. The summed E-state index contributed by atoms with van der Waals surface area (Å²) in [6.45, 7) is 1.57. The van der Waals surface area contributed by atoms with Crippen molar-refractivity contribution in [1.82, 2.24) is 9.97 Å². The number of Topliss-reactive ketones (excluding diaryl/α,β-unsaturated/α-hetero) is 1. The number of thiophene rings is 1. The molecule has 3 rings (SSSR count). The SMILES string of the molecule is COc1ccc(C(C)=O)cc1CSc1ncnc2ccsc12. The number of rotatable bonds is 5. The number of ether oxygens (including phenoxy) is 1. The van der Waals surface area contributed by atoms with Gasteiger partial charge in [-0.2, -0.15) is 0 Å². The molecule has 0 amide bonds. The first kappa shape index (κ1) is 15.0. The Hall–Kier alpha value is -1.92. The Morgan fingerprint density at radius 2 is 2.18 bits per heavy atom. The van der Waals surface area contributed by atoms with Crippen LogP contribution in [0.3, 0.4) is 0 Å². The van der Waals surface area contributed by atoms with E-state index in [1.165, 1.54) is 0 Å². The minimum absolute atomic E-state index is 0.0524. The summed E-state index contributed by atoms with van der Waals surface area (Å²) in [5.41, 5.74) is 2.65. The number of methoxy groups -OCH3 is 1. The zero-order valence-electron chi connectivity index (χ0n) is 12.2. The van der Waals surface area contributed by atoms with E-state index in [4.69, 9.17) is 4.74 Å². The molecule has 0 saturated carbocycles. The minimum atomic E-state index is 0.0524. The van der Waals surface area contributed by atoms with E-state index < -0.39 is 0 Å². The van der Waals surface area contributed by atoms with E-state index in [2.05, 4.69) is 9.97 Å². The van der Waals surface area contributed by atoms with Crippen molar-refractivity contribution in [2.45, 2.75) is 17.7 Å². The lowest BCUT2D eigenvalue weighted by molar-refractivity contribution is 0.101. The number of carbonyl (C=O) groups excluding carboxylic acids is 1. The van der Waals surface area contributed by atoms with Crippen LogP contribution in [0.5, 0.6) is 5.75 Å². The van der Waals surface area contributed by atoms with Crippen molar-refractivity contribution < 1.29 is 9.53 Å². The van der Waals surface area contributed by atoms with Gasteiger partial charge in [-0.3, -0.25) is 4.79 Å². The van der Waals surface area contributed by atoms with E-state index in [0.717, 1.165) is 26.6 Å². The van der Waals surface area contributed by atoms with Crippen LogP contribution in [0.4, 0.5) is 0 Å². The highest BCUT2D eigenvalue weighted by molar-refractivity contribution is 7.98. The number of hydrogen-bond acceptors (Lipinski definition) is 6. The molecule has 0 aliphatic heterocycles. The highest BCUT2D eigenvalue weighted by Gasteiger charge is 2.10. The van der Waals surface area contributed by atoms with E-state index in [1.807, 2.05) is 23.6 Å². The molecule has 2 heterocycles. The van der Waals surface area contributed by atoms with Gasteiger partial charge < -0.3 is 4.74 Å². The van der Waals surface area contributed by atoms with Gasteiger partial charge in [0, 0.05) is 16.9 Å². The molecule has 0 radical (unpaired) electrons. The first-order valence-corrected chi connectivity index (χ1v) is 8.54. The molecule has 0 fully saturated rings. The molecule has 0 aliphatic rings. The summed E-state index contributed by atoms with van der Waals surface area (Å²) in [5, 5.41) is 2.97. The summed E-state index contributed by atoms with van der Waals surface area (Å²) in [6, 6.07) is 7.51. The van der Waals surface area contributed by atoms with Crippen molar-refractivity contribution in [2.75, 3.05) is 7.11 Å². The molecule has 112 valence electrons. The molecular formula is C16H14N2O2S2. The van der Waals surface area contributed by atoms with Crippen molar-refractivity contribution in [3.8, 4) is 5.75 Å². The van der Waals surface area contributed by atoms with E-state index >= 15 is 0 Å². The van der Waals surface area contributed by atoms with Crippen molar-refractivity contribution in [3.05, 3.63) is 47.1 Å². The average Bonchev–Trinajstić information content (AvgIpc) is 3.01. The first-order chi connectivity index (χ1) is 10.7. The van der Waals surface area contributed by atoms with Gasteiger partial charge in [0.2, 0.25) is 0 Å². The molecule has 0 bridgehead atoms. The number of carbonyl (C=O) groups is 1. The molecule has 0 aliphatic carbocycles. The number of fused-ring (bicyclic) bond motifs is 1. The lowest BCUT2D eigenvalue weighted by Crippen LogP contribution is -1.97. The zero-order valence-corrected chi connectivity index (χ0v) is 13.8. The van der Waals surface area contributed by atoms with Crippen LogP contribution < -0.4 is 4.74 Å². The second-order valence-electron chi connectivity index (χ2n) is 4.69. The monoisotopic (exact) mass is 330 g/mol. The molecule has 22 heavy (non-hydrogen) atoms. The fraction of sp³-hybridized carbons (Fsp3) is 0.188. The first-order valence-electron chi connectivity index (χ1n) is 6.68. The number of aromatic nitrogens is 2. The van der Waals surface area contributed by atoms with Gasteiger partial charge in [-0.1, -0.05) is 11.8 Å². The summed E-state index contributed by atoms with van der Waals surface area (Å²) in [6.07, 6.45) is 1.58. The van der Waals surface area contributed by atoms with Gasteiger partial charge in [0.1, 0.15) is 17.1 Å². The highest BCUT2D eigenvalue weighted by Crippen LogP contribution is 2.33. The molecule has 0 spiro atoms. The van der Waals surface area contributed by atoms with Gasteiger partial charge in [-0.25, -0.2) is 9.97 Å². The summed E-state index contributed by atoms with van der Waals surface area (Å²) in [4.78, 5) is 20.2. The van der Waals surface area contributed by atoms with Gasteiger partial charge in [0.25, 0.3) is 0 Å². The Kier molecular flexibility index (Phi) is 4.40. The predicted octanol–water partition coefficient (Wildman–Crippen LogP) is 4.19. The highest BCUT2D eigenvalue weighted by atomic mass is 32.2. The molecule has 0 N–H and O–H groups in total. The number of thioether (sulfide) groups is 1. The van der Waals surface area contributed by atoms with E-state index in [9.17, 15) is 4.79 Å². The summed E-state index contributed by atoms with van der Waals surface area (Å²) < 4.78 is 6.48. The van der Waals surface area contributed by atoms with Gasteiger partial charge in [0.05, 0.1) is 17.3 Å². The predicted molar refractivity (Wildman–Crippen MR) is 90.0 cm³/mol. The van der Waals surface area contributed by atoms with Gasteiger partial charge in [-0.15, -0.1) is 11.3 Å². The Morgan fingerprint density at radius 1 is 1.32 bits per heavy atom. The fourth-order valence-electron chi connectivity index (χ4n) is 2.13. The Labute approximate surface area is 136 Å². The van der Waals surface area contributed by atoms with E-state index in [0.29, 0.717) is 11.3 Å². The molecule has 0 unspecified atom stereocenters. The maximum Gasteiger partial charge on any atom is 0.159 e. The van der Waals surface area contributed by atoms with Crippen molar-refractivity contribution in [3.63, 3.8) is 0 Å². The van der Waals surface area contributed by atoms with Crippen LogP contribution in [-0.2, 0) is 5.75 Å². The van der Waals surface area contributed by atoms with Crippen LogP contribution in [0, 0.1) is 0 Å². The molecule has 6 heteroatoms. The van der Waals surface area contributed by atoms with E-state index in [-0.39, 0.29) is 5.78 Å². The normalized spacial score (nSPS) is 10.8. The lowest BCUT2D eigenvalue weighted by atomic mass is 10.1. The quantitative estimate of drug-likeness (QED) is 0.399. The van der Waals surface area contributed by atoms with Crippen LogP contribution in [0.25, 0.3) is 10.2 Å². The van der Waals surface area contributed by atoms with Gasteiger partial charge >= 0.3 is 0 Å². The third-order valence-corrected chi connectivity index (χ3v) is 5.34. The van der Waals surface area contributed by atoms with Gasteiger partial charge in [-0.05, 0) is 36.6 Å². The van der Waals surface area contributed by atoms with Crippen LogP contribution in [-0.4, -0.2) is 22.9 Å². The van der Waals surface area contributed by atoms with Crippen molar-refractivity contribution in [2.24, 2.45) is 0 Å². The molecule has 0 atom stereocenters. The van der Waals surface area contributed by atoms with Crippen molar-refractivity contribution in [1.29, 1.82) is 0 Å². The molecule has 3 aromatic rings. The lowest BCUT2D eigenvalue weighted by Gasteiger charge is -2.09. The van der Waals surface area contributed by atoms with Crippen LogP contribution in [0.1, 0.15) is 22.8 Å².